The molecule has 0 spiro atoms. The molecule has 4 aromatic heterocycles. The number of hydrogen-bond donors (Lipinski definition) is 3. The van der Waals surface area contributed by atoms with E-state index in [2.05, 4.69) is 47.3 Å². The summed E-state index contributed by atoms with van der Waals surface area (Å²) in [5, 5.41) is 31.8. The predicted molar refractivity (Wildman–Crippen MR) is 178 cm³/mol. The fourth-order valence-electron chi connectivity index (χ4n) is 5.91. The summed E-state index contributed by atoms with van der Waals surface area (Å²) in [6.07, 6.45) is 12.3. The van der Waals surface area contributed by atoms with Gasteiger partial charge in [-0.1, -0.05) is 30.3 Å². The van der Waals surface area contributed by atoms with Crippen LogP contribution >= 0.6 is 0 Å². The molecule has 1 aromatic carbocycles. The minimum Gasteiger partial charge on any atom is -0.423 e. The van der Waals surface area contributed by atoms with Crippen molar-refractivity contribution in [3.05, 3.63) is 90.2 Å². The molecule has 0 radical (unpaired) electrons. The van der Waals surface area contributed by atoms with Crippen LogP contribution in [0, 0.1) is 11.3 Å². The van der Waals surface area contributed by atoms with Crippen LogP contribution in [0.5, 0.6) is 0 Å². The van der Waals surface area contributed by atoms with Crippen LogP contribution in [0.15, 0.2) is 71.7 Å². The number of aromatic nitrogens is 7. The number of benzene rings is 1. The summed E-state index contributed by atoms with van der Waals surface area (Å²) >= 11 is 0. The maximum Gasteiger partial charge on any atom is 0.323 e. The number of pyridine rings is 1. The van der Waals surface area contributed by atoms with Crippen molar-refractivity contribution in [1.29, 1.82) is 5.26 Å². The van der Waals surface area contributed by atoms with Crippen LogP contribution in [0.25, 0.3) is 11.1 Å². The number of nitrogens with zero attached hydrogens (tertiary/aromatic N) is 9. The third-order valence-corrected chi connectivity index (χ3v) is 8.66. The number of carbonyl (C=O) groups excluding carboxylic acids is 1. The van der Waals surface area contributed by atoms with E-state index in [4.69, 9.17) is 9.40 Å². The highest BCUT2D eigenvalue weighted by Crippen LogP contribution is 2.39. The molecular formula is C34H36N12O2. The minimum absolute atomic E-state index is 0.0513. The van der Waals surface area contributed by atoms with Crippen molar-refractivity contribution in [2.75, 3.05) is 15.5 Å². The maximum absolute atomic E-state index is 13.7. The number of hydrogen-bond acceptors (Lipinski definition) is 11. The van der Waals surface area contributed by atoms with Gasteiger partial charge in [-0.3, -0.25) is 9.58 Å². The Kier molecular flexibility index (Phi) is 8.90. The Balaban J connectivity index is 1.01. The molecule has 0 unspecified atom stereocenters. The van der Waals surface area contributed by atoms with E-state index >= 15 is 0 Å². The van der Waals surface area contributed by atoms with Gasteiger partial charge in [0.2, 0.25) is 17.7 Å². The molecule has 5 aromatic rings. The summed E-state index contributed by atoms with van der Waals surface area (Å²) < 4.78 is 7.48. The van der Waals surface area contributed by atoms with E-state index < -0.39 is 0 Å². The quantitative estimate of drug-likeness (QED) is 0.173. The number of nitriles is 1. The molecule has 2 amide bonds. The molecule has 0 atom stereocenters. The van der Waals surface area contributed by atoms with Crippen molar-refractivity contribution in [2.24, 2.45) is 7.05 Å². The summed E-state index contributed by atoms with van der Waals surface area (Å²) in [6.45, 7) is 0.677. The Morgan fingerprint density at radius 3 is 2.52 bits per heavy atom. The molecule has 2 aliphatic rings. The fraction of sp³-hybridized carbons (Fsp3) is 0.353. The number of aryl methyl sites for hydroxylation is 1. The highest BCUT2D eigenvalue weighted by Gasteiger charge is 2.32. The number of carbonyl (C=O) groups is 1. The molecule has 3 N–H and O–H groups in total. The van der Waals surface area contributed by atoms with E-state index in [9.17, 15) is 10.1 Å². The van der Waals surface area contributed by atoms with E-state index in [0.717, 1.165) is 55.2 Å². The number of nitrogens with one attached hydrogen (secondary N) is 3. The standard InChI is InChI=1S/C34H36N12O2/c1-45-21-26(19-40-45)24-9-14-29(36-17-24)46(34(47)39-16-22-5-3-2-4-6-22)28-12-10-27(11-13-28)41-33-38-18-25(15-35)31(42-33)37-20-30-43-44-32(48-30)23-7-8-23/h2-6,9,14,17-19,21,23,27-28H,7-8,10-13,16,20H2,1H3,(H,39,47)(H2,37,38,41,42). The third kappa shape index (κ3) is 7.25. The second kappa shape index (κ2) is 13.9. The van der Waals surface area contributed by atoms with Gasteiger partial charge in [0.15, 0.2) is 0 Å². The Hall–Kier alpha value is -5.84. The van der Waals surface area contributed by atoms with Crippen LogP contribution in [0.3, 0.4) is 0 Å². The topological polar surface area (TPSA) is 176 Å². The maximum atomic E-state index is 13.7. The average Bonchev–Trinajstić information content (AvgIpc) is 3.70. The summed E-state index contributed by atoms with van der Waals surface area (Å²) in [5.74, 6) is 2.91. The number of urea groups is 1. The summed E-state index contributed by atoms with van der Waals surface area (Å²) in [6, 6.07) is 15.7. The lowest BCUT2D eigenvalue weighted by Crippen LogP contribution is -2.49. The lowest BCUT2D eigenvalue weighted by Gasteiger charge is -2.36. The molecule has 0 aliphatic heterocycles. The van der Waals surface area contributed by atoms with Crippen LogP contribution < -0.4 is 20.9 Å². The molecule has 2 saturated carbocycles. The first-order valence-corrected chi connectivity index (χ1v) is 16.2. The molecule has 48 heavy (non-hydrogen) atoms. The van der Waals surface area contributed by atoms with Crippen LogP contribution in [0.1, 0.15) is 67.4 Å². The lowest BCUT2D eigenvalue weighted by molar-refractivity contribution is 0.240. The zero-order chi connectivity index (χ0) is 32.9. The van der Waals surface area contributed by atoms with Gasteiger partial charge in [-0.15, -0.1) is 10.2 Å². The predicted octanol–water partition coefficient (Wildman–Crippen LogP) is 5.16. The molecule has 4 heterocycles. The Labute approximate surface area is 277 Å². The van der Waals surface area contributed by atoms with E-state index in [1.807, 2.05) is 55.7 Å². The van der Waals surface area contributed by atoms with Gasteiger partial charge in [-0.25, -0.2) is 14.8 Å². The van der Waals surface area contributed by atoms with Crippen molar-refractivity contribution in [3.8, 4) is 17.2 Å². The Morgan fingerprint density at radius 2 is 1.81 bits per heavy atom. The molecule has 14 nitrogen and oxygen atoms in total. The first-order chi connectivity index (χ1) is 23.5. The fourth-order valence-corrected chi connectivity index (χ4v) is 5.91. The molecule has 2 fully saturated rings. The van der Waals surface area contributed by atoms with Gasteiger partial charge in [0.05, 0.1) is 18.9 Å². The third-order valence-electron chi connectivity index (χ3n) is 8.66. The van der Waals surface area contributed by atoms with Crippen LogP contribution in [-0.2, 0) is 20.1 Å². The van der Waals surface area contributed by atoms with Crippen molar-refractivity contribution in [2.45, 2.75) is 69.6 Å². The van der Waals surface area contributed by atoms with Gasteiger partial charge in [-0.2, -0.15) is 15.3 Å². The highest BCUT2D eigenvalue weighted by atomic mass is 16.4. The van der Waals surface area contributed by atoms with E-state index in [-0.39, 0.29) is 24.7 Å². The van der Waals surface area contributed by atoms with Gasteiger partial charge >= 0.3 is 6.03 Å². The Bertz CT molecular complexity index is 1890. The Morgan fingerprint density at radius 1 is 0.979 bits per heavy atom. The monoisotopic (exact) mass is 644 g/mol. The van der Waals surface area contributed by atoms with Gasteiger partial charge in [0.25, 0.3) is 0 Å². The van der Waals surface area contributed by atoms with Crippen molar-refractivity contribution in [1.82, 2.24) is 40.2 Å². The summed E-state index contributed by atoms with van der Waals surface area (Å²) in [5.41, 5.74) is 3.24. The average molecular weight is 645 g/mol. The molecule has 2 aliphatic carbocycles. The van der Waals surface area contributed by atoms with E-state index in [1.54, 1.807) is 22.0 Å². The van der Waals surface area contributed by atoms with Crippen molar-refractivity contribution >= 4 is 23.6 Å². The molecule has 7 rings (SSSR count). The zero-order valence-electron chi connectivity index (χ0n) is 26.6. The van der Waals surface area contributed by atoms with Crippen molar-refractivity contribution in [3.63, 3.8) is 0 Å². The minimum atomic E-state index is -0.187. The number of rotatable bonds is 11. The smallest absolute Gasteiger partial charge is 0.323 e. The van der Waals surface area contributed by atoms with Crippen molar-refractivity contribution < 1.29 is 9.21 Å². The summed E-state index contributed by atoms with van der Waals surface area (Å²) in [4.78, 5) is 29.2. The molecular weight excluding hydrogens is 608 g/mol. The van der Waals surface area contributed by atoms with E-state index in [0.29, 0.717) is 47.4 Å². The first-order valence-electron chi connectivity index (χ1n) is 16.2. The molecule has 0 saturated heterocycles. The SMILES string of the molecule is Cn1cc(-c2ccc(N(C(=O)NCc3ccccc3)C3CCC(Nc4ncc(C#N)c(NCc5nnc(C6CC6)o5)n4)CC3)nc2)cn1. The highest BCUT2D eigenvalue weighted by molar-refractivity contribution is 5.91. The molecule has 244 valence electrons. The van der Waals surface area contributed by atoms with Gasteiger partial charge < -0.3 is 20.4 Å². The molecule has 14 heteroatoms. The first kappa shape index (κ1) is 30.8. The van der Waals surface area contributed by atoms with Gasteiger partial charge in [-0.05, 0) is 56.2 Å². The number of anilines is 3. The van der Waals surface area contributed by atoms with Crippen LogP contribution in [0.2, 0.25) is 0 Å². The zero-order valence-corrected chi connectivity index (χ0v) is 26.6. The lowest BCUT2D eigenvalue weighted by atomic mass is 9.90. The van der Waals surface area contributed by atoms with E-state index in [1.165, 1.54) is 6.20 Å². The normalized spacial score (nSPS) is 17.3. The summed E-state index contributed by atoms with van der Waals surface area (Å²) in [7, 11) is 1.88. The van der Waals surface area contributed by atoms with Gasteiger partial charge in [0.1, 0.15) is 23.3 Å². The second-order valence-electron chi connectivity index (χ2n) is 12.2. The number of amides is 2. The molecule has 0 bridgehead atoms. The van der Waals surface area contributed by atoms with Crippen LogP contribution in [0.4, 0.5) is 22.4 Å². The largest absolute Gasteiger partial charge is 0.423 e. The van der Waals surface area contributed by atoms with Crippen LogP contribution in [-0.4, -0.2) is 53.0 Å². The van der Waals surface area contributed by atoms with Gasteiger partial charge in [0, 0.05) is 55.1 Å². The second-order valence-corrected chi connectivity index (χ2v) is 12.2.